The summed E-state index contributed by atoms with van der Waals surface area (Å²) in [6.07, 6.45) is 0. The molecule has 2 aromatic rings. The van der Waals surface area contributed by atoms with Crippen LogP contribution in [0.15, 0.2) is 48.5 Å². The second-order valence-electron chi connectivity index (χ2n) is 4.23. The lowest BCUT2D eigenvalue weighted by atomic mass is 10.1. The van der Waals surface area contributed by atoms with Crippen LogP contribution in [0.5, 0.6) is 0 Å². The topological polar surface area (TPSA) is 55.1 Å². The third kappa shape index (κ3) is 3.39. The Labute approximate surface area is 121 Å². The van der Waals surface area contributed by atoms with Crippen molar-refractivity contribution in [2.24, 2.45) is 5.73 Å². The zero-order chi connectivity index (χ0) is 14.5. The van der Waals surface area contributed by atoms with E-state index in [0.717, 1.165) is 11.1 Å². The summed E-state index contributed by atoms with van der Waals surface area (Å²) in [6.45, 7) is 0.281. The van der Waals surface area contributed by atoms with E-state index in [-0.39, 0.29) is 12.1 Å². The number of halogens is 1. The standard InChI is InChI=1S/C15H13FN2OS/c16-13-7-2-1-6-12(13)15(19)18-9-10-4-3-5-11(8-10)14(17)20/h1-8H,9H2,(H2,17,20)(H,18,19). The number of benzene rings is 2. The fraction of sp³-hybridized carbons (Fsp3) is 0.0667. The van der Waals surface area contributed by atoms with E-state index >= 15 is 0 Å². The van der Waals surface area contributed by atoms with Crippen molar-refractivity contribution in [3.63, 3.8) is 0 Å². The maximum atomic E-state index is 13.4. The third-order valence-corrected chi connectivity index (χ3v) is 3.02. The second kappa shape index (κ2) is 6.25. The van der Waals surface area contributed by atoms with E-state index in [9.17, 15) is 9.18 Å². The lowest BCUT2D eigenvalue weighted by Gasteiger charge is -2.07. The highest BCUT2D eigenvalue weighted by atomic mass is 32.1. The van der Waals surface area contributed by atoms with Crippen molar-refractivity contribution in [2.75, 3.05) is 0 Å². The molecule has 0 spiro atoms. The summed E-state index contributed by atoms with van der Waals surface area (Å²) in [6, 6.07) is 13.1. The SMILES string of the molecule is NC(=S)c1cccc(CNC(=O)c2ccccc2F)c1. The van der Waals surface area contributed by atoms with Crippen LogP contribution < -0.4 is 11.1 Å². The molecule has 2 aromatic carbocycles. The molecule has 3 nitrogen and oxygen atoms in total. The van der Waals surface area contributed by atoms with Crippen molar-refractivity contribution < 1.29 is 9.18 Å². The van der Waals surface area contributed by atoms with Gasteiger partial charge in [-0.05, 0) is 23.8 Å². The summed E-state index contributed by atoms with van der Waals surface area (Å²) < 4.78 is 13.4. The summed E-state index contributed by atoms with van der Waals surface area (Å²) >= 11 is 4.89. The largest absolute Gasteiger partial charge is 0.389 e. The maximum absolute atomic E-state index is 13.4. The number of thiocarbonyl (C=S) groups is 1. The molecule has 0 radical (unpaired) electrons. The van der Waals surface area contributed by atoms with Crippen LogP contribution in [0, 0.1) is 5.82 Å². The number of carbonyl (C=O) groups is 1. The zero-order valence-electron chi connectivity index (χ0n) is 10.6. The molecular weight excluding hydrogens is 275 g/mol. The Hall–Kier alpha value is -2.27. The molecule has 0 aliphatic carbocycles. The maximum Gasteiger partial charge on any atom is 0.254 e. The van der Waals surface area contributed by atoms with E-state index < -0.39 is 11.7 Å². The van der Waals surface area contributed by atoms with Gasteiger partial charge in [0.05, 0.1) is 5.56 Å². The first-order valence-corrected chi connectivity index (χ1v) is 6.40. The van der Waals surface area contributed by atoms with Gasteiger partial charge in [-0.2, -0.15) is 0 Å². The van der Waals surface area contributed by atoms with Crippen LogP contribution in [-0.2, 0) is 6.54 Å². The van der Waals surface area contributed by atoms with Crippen molar-refractivity contribution in [1.29, 1.82) is 0 Å². The summed E-state index contributed by atoms with van der Waals surface area (Å²) in [5, 5.41) is 2.66. The van der Waals surface area contributed by atoms with Crippen molar-refractivity contribution in [1.82, 2.24) is 5.32 Å². The molecule has 0 fully saturated rings. The van der Waals surface area contributed by atoms with Crippen LogP contribution in [0.3, 0.4) is 0 Å². The Morgan fingerprint density at radius 1 is 1.20 bits per heavy atom. The first-order valence-electron chi connectivity index (χ1n) is 5.99. The molecule has 3 N–H and O–H groups in total. The second-order valence-corrected chi connectivity index (χ2v) is 4.67. The lowest BCUT2D eigenvalue weighted by Crippen LogP contribution is -2.24. The minimum Gasteiger partial charge on any atom is -0.389 e. The summed E-state index contributed by atoms with van der Waals surface area (Å²) in [5.41, 5.74) is 7.15. The number of hydrogen-bond acceptors (Lipinski definition) is 2. The van der Waals surface area contributed by atoms with Gasteiger partial charge in [-0.15, -0.1) is 0 Å². The number of nitrogens with two attached hydrogens (primary N) is 1. The van der Waals surface area contributed by atoms with Crippen LogP contribution in [0.25, 0.3) is 0 Å². The Bertz CT molecular complexity index is 658. The summed E-state index contributed by atoms with van der Waals surface area (Å²) in [5.74, 6) is -0.995. The number of nitrogens with one attached hydrogen (secondary N) is 1. The number of carbonyl (C=O) groups excluding carboxylic acids is 1. The van der Waals surface area contributed by atoms with Gasteiger partial charge in [0.25, 0.3) is 5.91 Å². The van der Waals surface area contributed by atoms with Crippen LogP contribution in [0.4, 0.5) is 4.39 Å². The molecule has 0 aromatic heterocycles. The first-order chi connectivity index (χ1) is 9.58. The first kappa shape index (κ1) is 14.1. The minimum absolute atomic E-state index is 0.0259. The van der Waals surface area contributed by atoms with Gasteiger partial charge in [0.15, 0.2) is 0 Å². The van der Waals surface area contributed by atoms with E-state index in [1.165, 1.54) is 18.2 Å². The summed E-state index contributed by atoms with van der Waals surface area (Å²) in [7, 11) is 0. The zero-order valence-corrected chi connectivity index (χ0v) is 11.4. The molecule has 2 rings (SSSR count). The van der Waals surface area contributed by atoms with Gasteiger partial charge >= 0.3 is 0 Å². The average molecular weight is 288 g/mol. The fourth-order valence-corrected chi connectivity index (χ4v) is 1.88. The normalized spacial score (nSPS) is 10.1. The Morgan fingerprint density at radius 2 is 1.95 bits per heavy atom. The van der Waals surface area contributed by atoms with Crippen molar-refractivity contribution in [3.05, 3.63) is 71.0 Å². The van der Waals surface area contributed by atoms with Crippen LogP contribution in [-0.4, -0.2) is 10.9 Å². The Kier molecular flexibility index (Phi) is 4.42. The van der Waals surface area contributed by atoms with E-state index in [0.29, 0.717) is 4.99 Å². The predicted octanol–water partition coefficient (Wildman–Crippen LogP) is 2.39. The Morgan fingerprint density at radius 3 is 2.65 bits per heavy atom. The minimum atomic E-state index is -0.540. The molecule has 0 saturated carbocycles. The number of rotatable bonds is 4. The van der Waals surface area contributed by atoms with E-state index in [2.05, 4.69) is 5.32 Å². The van der Waals surface area contributed by atoms with Crippen LogP contribution >= 0.6 is 12.2 Å². The fourth-order valence-electron chi connectivity index (χ4n) is 1.76. The molecule has 0 heterocycles. The van der Waals surface area contributed by atoms with E-state index in [1.54, 1.807) is 24.3 Å². The average Bonchev–Trinajstić information content (AvgIpc) is 2.45. The Balaban J connectivity index is 2.06. The summed E-state index contributed by atoms with van der Waals surface area (Å²) in [4.78, 5) is 12.2. The van der Waals surface area contributed by atoms with E-state index in [4.69, 9.17) is 18.0 Å². The molecule has 0 aliphatic heterocycles. The van der Waals surface area contributed by atoms with Gasteiger partial charge in [0.1, 0.15) is 10.8 Å². The van der Waals surface area contributed by atoms with Gasteiger partial charge < -0.3 is 11.1 Å². The molecule has 0 atom stereocenters. The predicted molar refractivity (Wildman–Crippen MR) is 79.9 cm³/mol. The molecule has 1 amide bonds. The highest BCUT2D eigenvalue weighted by molar-refractivity contribution is 7.80. The number of hydrogen-bond donors (Lipinski definition) is 2. The smallest absolute Gasteiger partial charge is 0.254 e. The van der Waals surface area contributed by atoms with Crippen LogP contribution in [0.2, 0.25) is 0 Å². The van der Waals surface area contributed by atoms with Gasteiger partial charge in [-0.3, -0.25) is 4.79 Å². The quantitative estimate of drug-likeness (QED) is 0.849. The van der Waals surface area contributed by atoms with Crippen molar-refractivity contribution in [3.8, 4) is 0 Å². The number of amides is 1. The van der Waals surface area contributed by atoms with Gasteiger partial charge in [-0.1, -0.05) is 42.5 Å². The molecule has 5 heteroatoms. The lowest BCUT2D eigenvalue weighted by molar-refractivity contribution is 0.0947. The van der Waals surface area contributed by atoms with Gasteiger partial charge in [-0.25, -0.2) is 4.39 Å². The van der Waals surface area contributed by atoms with Gasteiger partial charge in [0, 0.05) is 12.1 Å². The van der Waals surface area contributed by atoms with Gasteiger partial charge in [0.2, 0.25) is 0 Å². The molecule has 0 unspecified atom stereocenters. The third-order valence-electron chi connectivity index (χ3n) is 2.78. The molecule has 0 aliphatic rings. The highest BCUT2D eigenvalue weighted by Gasteiger charge is 2.10. The van der Waals surface area contributed by atoms with E-state index in [1.807, 2.05) is 6.07 Å². The van der Waals surface area contributed by atoms with Crippen molar-refractivity contribution in [2.45, 2.75) is 6.54 Å². The molecule has 102 valence electrons. The van der Waals surface area contributed by atoms with Crippen LogP contribution in [0.1, 0.15) is 21.5 Å². The molecule has 0 bridgehead atoms. The molecular formula is C15H13FN2OS. The molecule has 20 heavy (non-hydrogen) atoms. The highest BCUT2D eigenvalue weighted by Crippen LogP contribution is 2.08. The molecule has 0 saturated heterocycles. The monoisotopic (exact) mass is 288 g/mol. The van der Waals surface area contributed by atoms with Crippen molar-refractivity contribution >= 4 is 23.1 Å².